The highest BCUT2D eigenvalue weighted by Crippen LogP contribution is 2.26. The first kappa shape index (κ1) is 11.0. The first-order valence-electron chi connectivity index (χ1n) is 4.31. The molecule has 1 rings (SSSR count). The van der Waals surface area contributed by atoms with E-state index in [0.717, 1.165) is 17.1 Å². The summed E-state index contributed by atoms with van der Waals surface area (Å²) in [5, 5.41) is 6.27. The molecule has 1 atom stereocenters. The lowest BCUT2D eigenvalue weighted by molar-refractivity contribution is 0.560. The van der Waals surface area contributed by atoms with E-state index in [0.29, 0.717) is 12.6 Å². The van der Waals surface area contributed by atoms with Crippen molar-refractivity contribution in [3.8, 4) is 0 Å². The second-order valence-corrected chi connectivity index (χ2v) is 4.52. The molecule has 1 aromatic heterocycles. The van der Waals surface area contributed by atoms with Crippen molar-refractivity contribution in [3.05, 3.63) is 20.8 Å². The smallest absolute Gasteiger partial charge is 0.0587 e. The molecule has 2 nitrogen and oxygen atoms in total. The van der Waals surface area contributed by atoms with Crippen LogP contribution in [0.2, 0.25) is 5.02 Å². The van der Waals surface area contributed by atoms with Crippen molar-refractivity contribution in [3.63, 3.8) is 0 Å². The second-order valence-electron chi connectivity index (χ2n) is 3.17. The lowest BCUT2D eigenvalue weighted by Crippen LogP contribution is -2.32. The molecule has 0 spiro atoms. The predicted molar refractivity (Wildman–Crippen MR) is 59.4 cm³/mol. The Hall–Kier alpha value is -0.0900. The number of hydrogen-bond acceptors (Lipinski definition) is 3. The van der Waals surface area contributed by atoms with E-state index in [1.807, 2.05) is 6.92 Å². The predicted octanol–water partition coefficient (Wildman–Crippen LogP) is 2.15. The molecule has 1 heterocycles. The Labute approximate surface area is 88.1 Å². The van der Waals surface area contributed by atoms with Gasteiger partial charge in [-0.25, -0.2) is 0 Å². The van der Waals surface area contributed by atoms with E-state index >= 15 is 0 Å². The van der Waals surface area contributed by atoms with Gasteiger partial charge in [0, 0.05) is 24.0 Å². The van der Waals surface area contributed by atoms with E-state index in [-0.39, 0.29) is 0 Å². The third-order valence-electron chi connectivity index (χ3n) is 1.93. The highest BCUT2D eigenvalue weighted by atomic mass is 35.5. The van der Waals surface area contributed by atoms with Crippen LogP contribution in [0.1, 0.15) is 17.4 Å². The van der Waals surface area contributed by atoms with Crippen molar-refractivity contribution in [2.45, 2.75) is 26.4 Å². The van der Waals surface area contributed by atoms with Crippen LogP contribution in [-0.4, -0.2) is 12.6 Å². The Kier molecular flexibility index (Phi) is 4.19. The first-order chi connectivity index (χ1) is 6.15. The Balaban J connectivity index is 2.50. The van der Waals surface area contributed by atoms with Gasteiger partial charge in [0.15, 0.2) is 0 Å². The minimum atomic E-state index is 0.346. The van der Waals surface area contributed by atoms with Crippen LogP contribution < -0.4 is 11.1 Å². The Bertz CT molecular complexity index is 273. The zero-order valence-corrected chi connectivity index (χ0v) is 9.50. The molecule has 0 amide bonds. The van der Waals surface area contributed by atoms with Crippen molar-refractivity contribution in [2.75, 3.05) is 6.54 Å². The summed E-state index contributed by atoms with van der Waals surface area (Å²) in [5.41, 5.74) is 6.64. The normalized spacial score (nSPS) is 13.2. The summed E-state index contributed by atoms with van der Waals surface area (Å²) in [7, 11) is 0. The monoisotopic (exact) mass is 218 g/mol. The molecule has 0 aliphatic rings. The molecule has 13 heavy (non-hydrogen) atoms. The molecule has 4 heteroatoms. The summed E-state index contributed by atoms with van der Waals surface area (Å²) in [4.78, 5) is 1.19. The third-order valence-corrected chi connectivity index (χ3v) is 3.68. The number of hydrogen-bond donors (Lipinski definition) is 2. The summed E-state index contributed by atoms with van der Waals surface area (Å²) in [6.07, 6.45) is 0. The average Bonchev–Trinajstić information content (AvgIpc) is 2.44. The summed E-state index contributed by atoms with van der Waals surface area (Å²) in [5.74, 6) is 0. The van der Waals surface area contributed by atoms with Crippen molar-refractivity contribution < 1.29 is 0 Å². The van der Waals surface area contributed by atoms with E-state index in [9.17, 15) is 0 Å². The molecule has 74 valence electrons. The topological polar surface area (TPSA) is 38.0 Å². The van der Waals surface area contributed by atoms with E-state index in [4.69, 9.17) is 17.3 Å². The van der Waals surface area contributed by atoms with Crippen LogP contribution in [0.3, 0.4) is 0 Å². The second kappa shape index (κ2) is 4.96. The van der Waals surface area contributed by atoms with E-state index < -0.39 is 0 Å². The van der Waals surface area contributed by atoms with Crippen LogP contribution in [0.25, 0.3) is 0 Å². The van der Waals surface area contributed by atoms with Crippen molar-refractivity contribution in [1.29, 1.82) is 0 Å². The zero-order chi connectivity index (χ0) is 9.84. The minimum absolute atomic E-state index is 0.346. The van der Waals surface area contributed by atoms with Crippen LogP contribution in [0.5, 0.6) is 0 Å². The van der Waals surface area contributed by atoms with Crippen LogP contribution in [-0.2, 0) is 6.54 Å². The summed E-state index contributed by atoms with van der Waals surface area (Å²) in [6.45, 7) is 5.56. The Morgan fingerprint density at radius 1 is 1.69 bits per heavy atom. The lowest BCUT2D eigenvalue weighted by Gasteiger charge is -2.09. The van der Waals surface area contributed by atoms with Crippen LogP contribution in [0.15, 0.2) is 5.38 Å². The molecule has 0 bridgehead atoms. The van der Waals surface area contributed by atoms with Gasteiger partial charge in [-0.2, -0.15) is 0 Å². The van der Waals surface area contributed by atoms with Crippen LogP contribution in [0, 0.1) is 6.92 Å². The Morgan fingerprint density at radius 2 is 2.38 bits per heavy atom. The molecule has 0 aliphatic heterocycles. The SMILES string of the molecule is Cc1csc(CN[C@H](C)CN)c1Cl. The van der Waals surface area contributed by atoms with Gasteiger partial charge in [0.05, 0.1) is 5.02 Å². The summed E-state index contributed by atoms with van der Waals surface area (Å²) < 4.78 is 0. The van der Waals surface area contributed by atoms with Gasteiger partial charge in [-0.15, -0.1) is 11.3 Å². The van der Waals surface area contributed by atoms with Gasteiger partial charge in [0.25, 0.3) is 0 Å². The lowest BCUT2D eigenvalue weighted by atomic mass is 10.3. The molecule has 0 saturated heterocycles. The van der Waals surface area contributed by atoms with Crippen LogP contribution >= 0.6 is 22.9 Å². The molecular weight excluding hydrogens is 204 g/mol. The number of rotatable bonds is 4. The van der Waals surface area contributed by atoms with Gasteiger partial charge < -0.3 is 11.1 Å². The molecule has 0 radical (unpaired) electrons. The molecular formula is C9H15ClN2S. The number of halogens is 1. The largest absolute Gasteiger partial charge is 0.329 e. The summed E-state index contributed by atoms with van der Waals surface area (Å²) in [6, 6.07) is 0.346. The fraction of sp³-hybridized carbons (Fsp3) is 0.556. The van der Waals surface area contributed by atoms with Gasteiger partial charge >= 0.3 is 0 Å². The molecule has 0 saturated carbocycles. The minimum Gasteiger partial charge on any atom is -0.329 e. The average molecular weight is 219 g/mol. The van der Waals surface area contributed by atoms with E-state index in [2.05, 4.69) is 17.6 Å². The van der Waals surface area contributed by atoms with Crippen LogP contribution in [0.4, 0.5) is 0 Å². The van der Waals surface area contributed by atoms with Crippen molar-refractivity contribution in [1.82, 2.24) is 5.32 Å². The van der Waals surface area contributed by atoms with Gasteiger partial charge in [-0.3, -0.25) is 0 Å². The first-order valence-corrected chi connectivity index (χ1v) is 5.56. The highest BCUT2D eigenvalue weighted by Gasteiger charge is 2.06. The molecule has 3 N–H and O–H groups in total. The van der Waals surface area contributed by atoms with Gasteiger partial charge in [0.1, 0.15) is 0 Å². The number of thiophene rings is 1. The number of nitrogens with one attached hydrogen (secondary N) is 1. The quantitative estimate of drug-likeness (QED) is 0.813. The molecule has 0 aliphatic carbocycles. The maximum Gasteiger partial charge on any atom is 0.0587 e. The van der Waals surface area contributed by atoms with Gasteiger partial charge in [0.2, 0.25) is 0 Å². The maximum atomic E-state index is 6.07. The standard InChI is InChI=1S/C9H15ClN2S/c1-6-5-13-8(9(6)10)4-12-7(2)3-11/h5,7,12H,3-4,11H2,1-2H3/t7-/m1/s1. The fourth-order valence-electron chi connectivity index (χ4n) is 0.952. The molecule has 0 fully saturated rings. The number of nitrogens with two attached hydrogens (primary N) is 1. The third kappa shape index (κ3) is 2.95. The van der Waals surface area contributed by atoms with Gasteiger partial charge in [-0.1, -0.05) is 11.6 Å². The zero-order valence-electron chi connectivity index (χ0n) is 7.93. The van der Waals surface area contributed by atoms with Crippen molar-refractivity contribution in [2.24, 2.45) is 5.73 Å². The van der Waals surface area contributed by atoms with E-state index in [1.165, 1.54) is 4.88 Å². The van der Waals surface area contributed by atoms with Crippen molar-refractivity contribution >= 4 is 22.9 Å². The number of aryl methyl sites for hydroxylation is 1. The fourth-order valence-corrected chi connectivity index (χ4v) is 2.14. The molecule has 1 aromatic rings. The highest BCUT2D eigenvalue weighted by molar-refractivity contribution is 7.10. The van der Waals surface area contributed by atoms with E-state index in [1.54, 1.807) is 11.3 Å². The maximum absolute atomic E-state index is 6.07. The molecule has 0 aromatic carbocycles. The summed E-state index contributed by atoms with van der Waals surface area (Å²) >= 11 is 7.77. The molecule has 0 unspecified atom stereocenters. The van der Waals surface area contributed by atoms with Gasteiger partial charge in [-0.05, 0) is 24.8 Å². The Morgan fingerprint density at radius 3 is 2.85 bits per heavy atom.